The molecule has 27 heavy (non-hydrogen) atoms. The number of carbonyl (C=O) groups excluding carboxylic acids is 1. The molecule has 1 aliphatic rings. The summed E-state index contributed by atoms with van der Waals surface area (Å²) >= 11 is 0. The van der Waals surface area contributed by atoms with Crippen molar-refractivity contribution in [2.24, 2.45) is 0 Å². The quantitative estimate of drug-likeness (QED) is 0.720. The van der Waals surface area contributed by atoms with E-state index in [1.54, 1.807) is 6.92 Å². The fourth-order valence-corrected chi connectivity index (χ4v) is 3.54. The number of carboxylic acid groups (broad SMARTS) is 1. The number of amides is 1. The number of halogens is 3. The van der Waals surface area contributed by atoms with Gasteiger partial charge in [0.1, 0.15) is 0 Å². The Morgan fingerprint density at radius 1 is 1.30 bits per heavy atom. The van der Waals surface area contributed by atoms with E-state index in [0.717, 1.165) is 6.07 Å². The van der Waals surface area contributed by atoms with Crippen LogP contribution in [0.5, 0.6) is 0 Å². The molecule has 0 aliphatic heterocycles. The molecular formula is C19H25F3N2O3. The Labute approximate surface area is 156 Å². The topological polar surface area (TPSA) is 69.6 Å². The molecule has 0 aromatic heterocycles. The Kier molecular flexibility index (Phi) is 6.86. The summed E-state index contributed by atoms with van der Waals surface area (Å²) in [7, 11) is 0. The molecule has 1 aromatic carbocycles. The van der Waals surface area contributed by atoms with Gasteiger partial charge in [-0.1, -0.05) is 32.0 Å². The Morgan fingerprint density at radius 3 is 2.48 bits per heavy atom. The summed E-state index contributed by atoms with van der Waals surface area (Å²) in [6.07, 6.45) is -3.17. The summed E-state index contributed by atoms with van der Waals surface area (Å²) < 4.78 is 39.3. The number of benzene rings is 1. The smallest absolute Gasteiger partial charge is 0.416 e. The van der Waals surface area contributed by atoms with Crippen LogP contribution in [0.2, 0.25) is 0 Å². The Balaban J connectivity index is 1.86. The lowest BCUT2D eigenvalue weighted by atomic mass is 9.85. The SMILES string of the molecule is CCN(CC(=O)O)C1CC(NC(=O)CC(C)c2ccccc2C(F)(F)F)C1. The minimum absolute atomic E-state index is 0.0269. The molecule has 0 radical (unpaired) electrons. The molecule has 1 amide bonds. The summed E-state index contributed by atoms with van der Waals surface area (Å²) in [6.45, 7) is 4.07. The molecule has 5 nitrogen and oxygen atoms in total. The Morgan fingerprint density at radius 2 is 1.93 bits per heavy atom. The number of hydrogen-bond acceptors (Lipinski definition) is 3. The molecule has 1 saturated carbocycles. The third-order valence-corrected chi connectivity index (χ3v) is 5.03. The Bertz CT molecular complexity index is 672. The van der Waals surface area contributed by atoms with Gasteiger partial charge in [0, 0.05) is 18.5 Å². The second kappa shape index (κ2) is 8.73. The van der Waals surface area contributed by atoms with Gasteiger partial charge in [0.15, 0.2) is 0 Å². The Hall–Kier alpha value is -2.09. The number of alkyl halides is 3. The van der Waals surface area contributed by atoms with Crippen molar-refractivity contribution in [2.75, 3.05) is 13.1 Å². The molecule has 0 spiro atoms. The second-order valence-corrected chi connectivity index (χ2v) is 7.04. The first-order valence-electron chi connectivity index (χ1n) is 9.03. The summed E-state index contributed by atoms with van der Waals surface area (Å²) in [5, 5.41) is 11.7. The molecule has 1 aliphatic carbocycles. The largest absolute Gasteiger partial charge is 0.480 e. The molecule has 1 atom stereocenters. The highest BCUT2D eigenvalue weighted by Gasteiger charge is 2.36. The van der Waals surface area contributed by atoms with Gasteiger partial charge < -0.3 is 10.4 Å². The van der Waals surface area contributed by atoms with Crippen LogP contribution >= 0.6 is 0 Å². The van der Waals surface area contributed by atoms with E-state index in [2.05, 4.69) is 5.32 Å². The zero-order chi connectivity index (χ0) is 20.2. The van der Waals surface area contributed by atoms with Crippen molar-refractivity contribution in [3.8, 4) is 0 Å². The third-order valence-electron chi connectivity index (χ3n) is 5.03. The van der Waals surface area contributed by atoms with Crippen molar-refractivity contribution in [3.05, 3.63) is 35.4 Å². The number of nitrogens with zero attached hydrogens (tertiary/aromatic N) is 1. The van der Waals surface area contributed by atoms with Gasteiger partial charge >= 0.3 is 12.1 Å². The first-order valence-corrected chi connectivity index (χ1v) is 9.03. The molecule has 150 valence electrons. The molecule has 0 heterocycles. The van der Waals surface area contributed by atoms with E-state index in [0.29, 0.717) is 19.4 Å². The van der Waals surface area contributed by atoms with Gasteiger partial charge in [-0.25, -0.2) is 0 Å². The molecule has 0 saturated heterocycles. The van der Waals surface area contributed by atoms with Crippen molar-refractivity contribution in [1.82, 2.24) is 10.2 Å². The molecule has 1 unspecified atom stereocenters. The van der Waals surface area contributed by atoms with Crippen LogP contribution in [0.15, 0.2) is 24.3 Å². The van der Waals surface area contributed by atoms with Crippen LogP contribution in [-0.2, 0) is 15.8 Å². The van der Waals surface area contributed by atoms with E-state index >= 15 is 0 Å². The van der Waals surface area contributed by atoms with E-state index in [1.807, 2.05) is 11.8 Å². The minimum atomic E-state index is -4.45. The minimum Gasteiger partial charge on any atom is -0.480 e. The van der Waals surface area contributed by atoms with Crippen molar-refractivity contribution >= 4 is 11.9 Å². The maximum Gasteiger partial charge on any atom is 0.416 e. The van der Waals surface area contributed by atoms with Gasteiger partial charge in [-0.3, -0.25) is 14.5 Å². The van der Waals surface area contributed by atoms with Crippen LogP contribution in [0.4, 0.5) is 13.2 Å². The number of carboxylic acids is 1. The number of rotatable bonds is 8. The van der Waals surface area contributed by atoms with Crippen LogP contribution in [-0.4, -0.2) is 47.1 Å². The van der Waals surface area contributed by atoms with E-state index in [9.17, 15) is 22.8 Å². The summed E-state index contributed by atoms with van der Waals surface area (Å²) in [5.41, 5.74) is -0.591. The number of carbonyl (C=O) groups is 2. The van der Waals surface area contributed by atoms with Crippen molar-refractivity contribution < 1.29 is 27.9 Å². The predicted octanol–water partition coefficient (Wildman–Crippen LogP) is 3.25. The predicted molar refractivity (Wildman–Crippen MR) is 94.3 cm³/mol. The molecule has 1 aromatic rings. The lowest BCUT2D eigenvalue weighted by molar-refractivity contribution is -0.140. The second-order valence-electron chi connectivity index (χ2n) is 7.04. The summed E-state index contributed by atoms with van der Waals surface area (Å²) in [6, 6.07) is 5.37. The summed E-state index contributed by atoms with van der Waals surface area (Å²) in [4.78, 5) is 24.9. The molecule has 0 bridgehead atoms. The van der Waals surface area contributed by atoms with Gasteiger partial charge in [0.25, 0.3) is 0 Å². The summed E-state index contributed by atoms with van der Waals surface area (Å²) in [5.74, 6) is -1.73. The first kappa shape index (κ1) is 21.2. The molecule has 2 N–H and O–H groups in total. The van der Waals surface area contributed by atoms with Gasteiger partial charge in [-0.05, 0) is 36.9 Å². The van der Waals surface area contributed by atoms with Crippen molar-refractivity contribution in [2.45, 2.75) is 57.3 Å². The highest BCUT2D eigenvalue weighted by Crippen LogP contribution is 2.36. The van der Waals surface area contributed by atoms with Gasteiger partial charge in [0.2, 0.25) is 5.91 Å². The fourth-order valence-electron chi connectivity index (χ4n) is 3.54. The van der Waals surface area contributed by atoms with Crippen LogP contribution in [0, 0.1) is 0 Å². The van der Waals surface area contributed by atoms with E-state index in [-0.39, 0.29) is 36.5 Å². The normalized spacial score (nSPS) is 20.8. The van der Waals surface area contributed by atoms with E-state index < -0.39 is 23.6 Å². The van der Waals surface area contributed by atoms with Crippen molar-refractivity contribution in [1.29, 1.82) is 0 Å². The molecule has 1 fully saturated rings. The van der Waals surface area contributed by atoms with E-state index in [4.69, 9.17) is 5.11 Å². The third kappa shape index (κ3) is 5.69. The lowest BCUT2D eigenvalue weighted by Crippen LogP contribution is -2.54. The lowest BCUT2D eigenvalue weighted by Gasteiger charge is -2.42. The number of hydrogen-bond donors (Lipinski definition) is 2. The maximum absolute atomic E-state index is 13.1. The number of likely N-dealkylation sites (N-methyl/N-ethyl adjacent to an activating group) is 1. The van der Waals surface area contributed by atoms with Gasteiger partial charge in [-0.15, -0.1) is 0 Å². The first-order chi connectivity index (χ1) is 12.6. The van der Waals surface area contributed by atoms with Crippen molar-refractivity contribution in [3.63, 3.8) is 0 Å². The fraction of sp³-hybridized carbons (Fsp3) is 0.579. The van der Waals surface area contributed by atoms with Crippen LogP contribution in [0.25, 0.3) is 0 Å². The van der Waals surface area contributed by atoms with Crippen LogP contribution in [0.3, 0.4) is 0 Å². The highest BCUT2D eigenvalue weighted by molar-refractivity contribution is 5.77. The average molecular weight is 386 g/mol. The van der Waals surface area contributed by atoms with Crippen LogP contribution < -0.4 is 5.32 Å². The molecule has 8 heteroatoms. The monoisotopic (exact) mass is 386 g/mol. The zero-order valence-corrected chi connectivity index (χ0v) is 15.4. The number of aliphatic carboxylic acids is 1. The highest BCUT2D eigenvalue weighted by atomic mass is 19.4. The zero-order valence-electron chi connectivity index (χ0n) is 15.4. The average Bonchev–Trinajstić information content (AvgIpc) is 2.55. The van der Waals surface area contributed by atoms with Gasteiger partial charge in [0.05, 0.1) is 12.1 Å². The molecule has 2 rings (SSSR count). The number of nitrogens with one attached hydrogen (secondary N) is 1. The van der Waals surface area contributed by atoms with Gasteiger partial charge in [-0.2, -0.15) is 13.2 Å². The standard InChI is InChI=1S/C19H25F3N2O3/c1-3-24(11-18(26)27)14-9-13(10-14)23-17(25)8-12(2)15-6-4-5-7-16(15)19(20,21)22/h4-7,12-14H,3,8-11H2,1-2H3,(H,23,25)(H,26,27). The van der Waals surface area contributed by atoms with Crippen LogP contribution in [0.1, 0.15) is 50.2 Å². The maximum atomic E-state index is 13.1. The molecular weight excluding hydrogens is 361 g/mol. The van der Waals surface area contributed by atoms with E-state index in [1.165, 1.54) is 18.2 Å².